The molecular formula is C11H9F6N3O2. The number of hydrogen-bond donors (Lipinski definition) is 2. The maximum atomic E-state index is 12.9. The van der Waals surface area contributed by atoms with Crippen LogP contribution in [0.2, 0.25) is 0 Å². The topological polar surface area (TPSA) is 69.0 Å². The largest absolute Gasteiger partial charge is 0.431 e. The molecule has 22 heavy (non-hydrogen) atoms. The zero-order valence-corrected chi connectivity index (χ0v) is 10.5. The van der Waals surface area contributed by atoms with Gasteiger partial charge in [0, 0.05) is 12.4 Å². The highest BCUT2D eigenvalue weighted by molar-refractivity contribution is 5.95. The molecule has 122 valence electrons. The standard InChI is InChI=1S/C11H9F6N3O2/c12-10(13,14)7-6(8(21)11(15,16)17)9(22)20(19-7)5-1-3-18-4-2-5/h1-4,6,8-9,21-22H. The van der Waals surface area contributed by atoms with E-state index in [1.807, 2.05) is 0 Å². The summed E-state index contributed by atoms with van der Waals surface area (Å²) in [5.41, 5.74) is -2.00. The second-order valence-electron chi connectivity index (χ2n) is 4.46. The van der Waals surface area contributed by atoms with Crippen molar-refractivity contribution in [1.82, 2.24) is 4.98 Å². The Morgan fingerprint density at radius 2 is 1.64 bits per heavy atom. The summed E-state index contributed by atoms with van der Waals surface area (Å²) in [4.78, 5) is 3.59. The second-order valence-corrected chi connectivity index (χ2v) is 4.46. The van der Waals surface area contributed by atoms with Crippen LogP contribution < -0.4 is 5.01 Å². The molecule has 0 saturated carbocycles. The van der Waals surface area contributed by atoms with Gasteiger partial charge in [0.15, 0.2) is 18.0 Å². The lowest BCUT2D eigenvalue weighted by Crippen LogP contribution is -2.49. The summed E-state index contributed by atoms with van der Waals surface area (Å²) in [6, 6.07) is 2.31. The Hall–Kier alpha value is -1.88. The maximum Gasteiger partial charge on any atom is 0.431 e. The Kier molecular flexibility index (Phi) is 4.04. The average molecular weight is 329 g/mol. The second kappa shape index (κ2) is 5.39. The maximum absolute atomic E-state index is 12.9. The van der Waals surface area contributed by atoms with Crippen molar-refractivity contribution in [1.29, 1.82) is 0 Å². The van der Waals surface area contributed by atoms with Crippen LogP contribution >= 0.6 is 0 Å². The van der Waals surface area contributed by atoms with Gasteiger partial charge in [0.25, 0.3) is 0 Å². The van der Waals surface area contributed by atoms with Crippen LogP contribution in [0.25, 0.3) is 0 Å². The molecule has 0 aliphatic carbocycles. The molecular weight excluding hydrogens is 320 g/mol. The van der Waals surface area contributed by atoms with Crippen molar-refractivity contribution in [3.8, 4) is 0 Å². The van der Waals surface area contributed by atoms with E-state index in [4.69, 9.17) is 5.11 Å². The van der Waals surface area contributed by atoms with Crippen molar-refractivity contribution in [3.05, 3.63) is 24.5 Å². The minimum absolute atomic E-state index is 0.0962. The van der Waals surface area contributed by atoms with Crippen LogP contribution in [-0.2, 0) is 0 Å². The molecule has 3 atom stereocenters. The van der Waals surface area contributed by atoms with Gasteiger partial charge in [-0.3, -0.25) is 4.98 Å². The molecule has 1 aliphatic heterocycles. The number of aliphatic hydroxyl groups is 2. The van der Waals surface area contributed by atoms with Crippen molar-refractivity contribution in [2.75, 3.05) is 5.01 Å². The highest BCUT2D eigenvalue weighted by atomic mass is 19.4. The Morgan fingerprint density at radius 3 is 2.09 bits per heavy atom. The van der Waals surface area contributed by atoms with Crippen LogP contribution in [-0.4, -0.2) is 45.6 Å². The molecule has 0 aromatic carbocycles. The van der Waals surface area contributed by atoms with Crippen LogP contribution in [0.5, 0.6) is 0 Å². The number of nitrogens with zero attached hydrogens (tertiary/aromatic N) is 3. The molecule has 3 unspecified atom stereocenters. The van der Waals surface area contributed by atoms with Gasteiger partial charge in [0.05, 0.1) is 11.6 Å². The zero-order valence-electron chi connectivity index (χ0n) is 10.5. The molecule has 0 fully saturated rings. The summed E-state index contributed by atoms with van der Waals surface area (Å²) >= 11 is 0. The normalized spacial score (nSPS) is 24.4. The minimum atomic E-state index is -5.34. The van der Waals surface area contributed by atoms with Gasteiger partial charge < -0.3 is 10.2 Å². The highest BCUT2D eigenvalue weighted by Crippen LogP contribution is 2.39. The van der Waals surface area contributed by atoms with Crippen molar-refractivity contribution in [2.24, 2.45) is 11.0 Å². The number of pyridine rings is 1. The van der Waals surface area contributed by atoms with Crippen LogP contribution in [0.1, 0.15) is 0 Å². The first-order chi connectivity index (χ1) is 10.0. The van der Waals surface area contributed by atoms with Gasteiger partial charge >= 0.3 is 12.4 Å². The predicted molar refractivity (Wildman–Crippen MR) is 61.8 cm³/mol. The van der Waals surface area contributed by atoms with Crippen molar-refractivity contribution >= 4 is 11.4 Å². The number of alkyl halides is 6. The lowest BCUT2D eigenvalue weighted by Gasteiger charge is -2.27. The van der Waals surface area contributed by atoms with Crippen LogP contribution in [0.3, 0.4) is 0 Å². The summed E-state index contributed by atoms with van der Waals surface area (Å²) < 4.78 is 76.2. The first kappa shape index (κ1) is 16.5. The summed E-state index contributed by atoms with van der Waals surface area (Å²) in [6.45, 7) is 0. The minimum Gasteiger partial charge on any atom is -0.383 e. The molecule has 0 bridgehead atoms. The number of aliphatic hydroxyl groups excluding tert-OH is 2. The lowest BCUT2D eigenvalue weighted by atomic mass is 9.94. The van der Waals surface area contributed by atoms with Crippen molar-refractivity contribution in [3.63, 3.8) is 0 Å². The van der Waals surface area contributed by atoms with Crippen LogP contribution in [0, 0.1) is 5.92 Å². The number of anilines is 1. The fourth-order valence-electron chi connectivity index (χ4n) is 2.00. The SMILES string of the molecule is OC1C(C(O)C(F)(F)F)C(C(F)(F)F)=NN1c1ccncc1. The van der Waals surface area contributed by atoms with E-state index in [-0.39, 0.29) is 5.69 Å². The number of hydrogen-bond acceptors (Lipinski definition) is 5. The monoisotopic (exact) mass is 329 g/mol. The van der Waals surface area contributed by atoms with Gasteiger partial charge in [-0.1, -0.05) is 0 Å². The Balaban J connectivity index is 2.45. The van der Waals surface area contributed by atoms with Crippen LogP contribution in [0.15, 0.2) is 29.6 Å². The summed E-state index contributed by atoms with van der Waals surface area (Å²) in [5.74, 6) is -2.67. The molecule has 1 aliphatic rings. The Morgan fingerprint density at radius 1 is 1.09 bits per heavy atom. The fourth-order valence-corrected chi connectivity index (χ4v) is 2.00. The van der Waals surface area contributed by atoms with Gasteiger partial charge in [-0.2, -0.15) is 31.4 Å². The molecule has 11 heteroatoms. The molecule has 2 N–H and O–H groups in total. The first-order valence-electron chi connectivity index (χ1n) is 5.81. The molecule has 0 amide bonds. The Labute approximate surface area is 119 Å². The number of aromatic nitrogens is 1. The van der Waals surface area contributed by atoms with Gasteiger partial charge in [0.2, 0.25) is 0 Å². The molecule has 2 rings (SSSR count). The number of rotatable bonds is 2. The van der Waals surface area contributed by atoms with Gasteiger partial charge in [-0.25, -0.2) is 5.01 Å². The molecule has 1 aromatic heterocycles. The van der Waals surface area contributed by atoms with E-state index < -0.39 is 36.3 Å². The average Bonchev–Trinajstić information content (AvgIpc) is 2.75. The molecule has 5 nitrogen and oxygen atoms in total. The van der Waals surface area contributed by atoms with Crippen LogP contribution in [0.4, 0.5) is 32.0 Å². The lowest BCUT2D eigenvalue weighted by molar-refractivity contribution is -0.221. The Bertz CT molecular complexity index is 559. The van der Waals surface area contributed by atoms with Crippen molar-refractivity contribution in [2.45, 2.75) is 24.7 Å². The number of hydrazone groups is 1. The summed E-state index contributed by atoms with van der Waals surface area (Å²) in [5, 5.41) is 22.3. The quantitative estimate of drug-likeness (QED) is 0.810. The van der Waals surface area contributed by atoms with E-state index in [0.717, 1.165) is 12.1 Å². The van der Waals surface area contributed by atoms with E-state index in [1.165, 1.54) is 12.4 Å². The smallest absolute Gasteiger partial charge is 0.383 e. The highest BCUT2D eigenvalue weighted by Gasteiger charge is 2.58. The zero-order chi connectivity index (χ0) is 16.7. The molecule has 2 heterocycles. The fraction of sp³-hybridized carbons (Fsp3) is 0.455. The number of halogens is 6. The van der Waals surface area contributed by atoms with E-state index in [0.29, 0.717) is 5.01 Å². The molecule has 0 saturated heterocycles. The molecule has 0 radical (unpaired) electrons. The van der Waals surface area contributed by atoms with Gasteiger partial charge in [-0.05, 0) is 12.1 Å². The van der Waals surface area contributed by atoms with E-state index in [9.17, 15) is 31.4 Å². The third-order valence-corrected chi connectivity index (χ3v) is 3.00. The third-order valence-electron chi connectivity index (χ3n) is 3.00. The van der Waals surface area contributed by atoms with E-state index in [2.05, 4.69) is 10.1 Å². The summed E-state index contributed by atoms with van der Waals surface area (Å²) in [7, 11) is 0. The predicted octanol–water partition coefficient (Wildman–Crippen LogP) is 1.68. The van der Waals surface area contributed by atoms with Crippen molar-refractivity contribution < 1.29 is 36.6 Å². The third kappa shape index (κ3) is 2.99. The van der Waals surface area contributed by atoms with E-state index >= 15 is 0 Å². The molecule has 1 aromatic rings. The summed E-state index contributed by atoms with van der Waals surface area (Å²) in [6.07, 6.45) is -14.0. The van der Waals surface area contributed by atoms with E-state index in [1.54, 1.807) is 0 Å². The first-order valence-corrected chi connectivity index (χ1v) is 5.81. The molecule has 0 spiro atoms. The van der Waals surface area contributed by atoms with Gasteiger partial charge in [0.1, 0.15) is 0 Å². The van der Waals surface area contributed by atoms with Gasteiger partial charge in [-0.15, -0.1) is 0 Å².